The van der Waals surface area contributed by atoms with Gasteiger partial charge >= 0.3 is 48.3 Å². The van der Waals surface area contributed by atoms with E-state index in [1.54, 1.807) is 0 Å². The molecular weight excluding hydrogens is 639 g/mol. The van der Waals surface area contributed by atoms with Gasteiger partial charge in [0.2, 0.25) is 7.51 Å². The van der Waals surface area contributed by atoms with Crippen LogP contribution < -0.4 is 0 Å². The summed E-state index contributed by atoms with van der Waals surface area (Å²) in [6.07, 6.45) is -6.03. The van der Waals surface area contributed by atoms with Gasteiger partial charge in [0.25, 0.3) is 0 Å². The molecule has 0 aromatic rings. The zero-order valence-electron chi connectivity index (χ0n) is 28.5. The first-order valence-electron chi connectivity index (χ1n) is 13.4. The number of carbonyl (C=O) groups excluding carboxylic acids is 6. The maximum absolute atomic E-state index is 13.3. The van der Waals surface area contributed by atoms with E-state index >= 15 is 0 Å². The molecule has 0 fully saturated rings. The molecule has 0 saturated heterocycles. The van der Waals surface area contributed by atoms with Crippen molar-refractivity contribution in [1.82, 2.24) is 14.0 Å². The summed E-state index contributed by atoms with van der Waals surface area (Å²) < 4.78 is 30.7. The fourth-order valence-corrected chi connectivity index (χ4v) is 5.68. The lowest BCUT2D eigenvalue weighted by atomic mass is 10.3. The highest BCUT2D eigenvalue weighted by Crippen LogP contribution is 2.62. The van der Waals surface area contributed by atoms with Crippen LogP contribution in [0.3, 0.4) is 0 Å². The number of hydrogen-bond donors (Lipinski definition) is 0. The second-order valence-corrected chi connectivity index (χ2v) is 13.8. The summed E-state index contributed by atoms with van der Waals surface area (Å²) in [5.41, 5.74) is -1.51. The van der Waals surface area contributed by atoms with Gasteiger partial charge in [0, 0.05) is 33.4 Å². The average molecular weight is 683 g/mol. The van der Waals surface area contributed by atoms with Crippen LogP contribution >= 0.6 is 7.51 Å². The molecule has 0 aromatic heterocycles. The minimum absolute atomic E-state index is 0.114. The highest BCUT2D eigenvalue weighted by Gasteiger charge is 2.64. The topological polar surface area (TPSA) is 180 Å². The second kappa shape index (κ2) is 17.3. The van der Waals surface area contributed by atoms with Crippen LogP contribution in [0.1, 0.15) is 41.5 Å². The molecule has 0 aliphatic carbocycles. The van der Waals surface area contributed by atoms with Crippen LogP contribution in [0.4, 0.5) is 0 Å². The lowest BCUT2D eigenvalue weighted by Gasteiger charge is -2.49. The summed E-state index contributed by atoms with van der Waals surface area (Å²) in [4.78, 5) is 88.1. The van der Waals surface area contributed by atoms with Crippen molar-refractivity contribution in [2.24, 2.45) is 4.91 Å². The Labute approximate surface area is 274 Å². The lowest BCUT2D eigenvalue weighted by molar-refractivity contribution is -0.403. The molecule has 0 aliphatic rings. The van der Waals surface area contributed by atoms with Crippen molar-refractivity contribution in [3.8, 4) is 0 Å². The number of ether oxygens (including phenoxy) is 5. The number of esters is 5. The molecule has 0 bridgehead atoms. The third-order valence-electron chi connectivity index (χ3n) is 5.25. The van der Waals surface area contributed by atoms with Crippen molar-refractivity contribution in [2.75, 3.05) is 28.2 Å². The highest BCUT2D eigenvalue weighted by atomic mass is 31.2. The Bertz CT molecular complexity index is 1350. The van der Waals surface area contributed by atoms with E-state index in [1.165, 1.54) is 79.1 Å². The minimum Gasteiger partial charge on any atom is -0.407 e. The lowest BCUT2D eigenvalue weighted by Crippen LogP contribution is -2.63. The van der Waals surface area contributed by atoms with E-state index in [1.807, 2.05) is 0 Å². The second-order valence-electron chi connectivity index (χ2n) is 10.5. The molecule has 0 atom stereocenters. The average Bonchev–Trinajstić information content (AvgIpc) is 2.93. The summed E-state index contributed by atoms with van der Waals surface area (Å²) in [6.45, 7) is 28.5. The Morgan fingerprint density at radius 3 is 1.04 bits per heavy atom. The predicted octanol–water partition coefficient (Wildman–Crippen LogP) is 3.88. The fourth-order valence-electron chi connectivity index (χ4n) is 2.84. The van der Waals surface area contributed by atoms with E-state index in [0.29, 0.717) is 4.67 Å². The third kappa shape index (κ3) is 11.0. The monoisotopic (exact) mass is 682 g/mol. The largest absolute Gasteiger partial charge is 0.514 e. The van der Waals surface area contributed by atoms with Crippen LogP contribution in [-0.2, 0) is 57.3 Å². The first kappa shape index (κ1) is 42.4. The molecule has 0 saturated carbocycles. The molecule has 16 nitrogen and oxygen atoms in total. The number of carbonyl (C=O) groups is 6. The molecule has 0 heterocycles. The molecule has 0 amide bonds. The maximum atomic E-state index is 13.3. The van der Waals surface area contributed by atoms with E-state index in [2.05, 4.69) is 44.4 Å². The summed E-state index contributed by atoms with van der Waals surface area (Å²) >= 11 is 0. The van der Waals surface area contributed by atoms with Gasteiger partial charge in [-0.05, 0) is 74.6 Å². The normalized spacial score (nSPS) is 11.3. The standard InChI is InChI=1S/C30H43N4O12P/c1-17(2)23(35)41-29(42-24(36)18(3)4)34(47(32(13)14,33(15)16)31-46-28(40)22(11)12)30(43-25(37)19(5)6,44-26(38)20(7)8)45-27(39)21(9)10/h29H,1,3,5,7,9,11H2,2,4,6,8,10,12-16H3. The number of nitrogens with zero attached hydrogens (tertiary/aromatic N) is 4. The smallest absolute Gasteiger partial charge is 0.407 e. The van der Waals surface area contributed by atoms with Gasteiger partial charge in [0.05, 0.1) is 0 Å². The molecular formula is C30H43N4O12P. The van der Waals surface area contributed by atoms with Gasteiger partial charge in [0.15, 0.2) is 0 Å². The summed E-state index contributed by atoms with van der Waals surface area (Å²) in [7, 11) is 1.11. The van der Waals surface area contributed by atoms with Gasteiger partial charge in [0.1, 0.15) is 0 Å². The predicted molar refractivity (Wildman–Crippen MR) is 171 cm³/mol. The molecule has 17 heteroatoms. The Morgan fingerprint density at radius 2 is 0.809 bits per heavy atom. The van der Waals surface area contributed by atoms with Crippen molar-refractivity contribution in [3.05, 3.63) is 72.9 Å². The molecule has 0 aliphatic heterocycles. The van der Waals surface area contributed by atoms with Gasteiger partial charge < -0.3 is 28.5 Å². The van der Waals surface area contributed by atoms with Crippen LogP contribution in [-0.4, -0.2) is 90.5 Å². The Morgan fingerprint density at radius 1 is 0.532 bits per heavy atom. The molecule has 0 spiro atoms. The number of rotatable bonds is 17. The molecule has 0 unspecified atom stereocenters. The third-order valence-corrected chi connectivity index (χ3v) is 8.71. The zero-order chi connectivity index (χ0) is 37.2. The molecule has 0 radical (unpaired) electrons. The summed E-state index contributed by atoms with van der Waals surface area (Å²) in [5.74, 6) is -7.50. The number of hydrogen-bond acceptors (Lipinski definition) is 13. The fraction of sp³-hybridized carbons (Fsp3) is 0.400. The first-order valence-corrected chi connectivity index (χ1v) is 15.0. The van der Waals surface area contributed by atoms with Crippen LogP contribution in [0.2, 0.25) is 0 Å². The van der Waals surface area contributed by atoms with E-state index in [4.69, 9.17) is 28.5 Å². The van der Waals surface area contributed by atoms with Gasteiger partial charge in [-0.2, -0.15) is 0 Å². The zero-order valence-corrected chi connectivity index (χ0v) is 29.3. The van der Waals surface area contributed by atoms with Crippen LogP contribution in [0.15, 0.2) is 77.8 Å². The Kier molecular flexibility index (Phi) is 15.6. The Hall–Kier alpha value is -4.63. The van der Waals surface area contributed by atoms with Crippen LogP contribution in [0.5, 0.6) is 0 Å². The van der Waals surface area contributed by atoms with E-state index in [-0.39, 0.29) is 33.4 Å². The molecule has 0 N–H and O–H groups in total. The van der Waals surface area contributed by atoms with Crippen LogP contribution in [0, 0.1) is 0 Å². The van der Waals surface area contributed by atoms with Crippen molar-refractivity contribution >= 4 is 43.3 Å². The molecule has 0 rings (SSSR count). The molecule has 0 aromatic carbocycles. The first-order chi connectivity index (χ1) is 21.4. The van der Waals surface area contributed by atoms with Crippen molar-refractivity contribution in [2.45, 2.75) is 54.1 Å². The quantitative estimate of drug-likeness (QED) is 0.0708. The summed E-state index contributed by atoms with van der Waals surface area (Å²) in [6, 6.07) is 0. The van der Waals surface area contributed by atoms with Crippen LogP contribution in [0.25, 0.3) is 0 Å². The molecule has 260 valence electrons. The van der Waals surface area contributed by atoms with Gasteiger partial charge in [-0.3, -0.25) is 0 Å². The van der Waals surface area contributed by atoms with E-state index in [9.17, 15) is 28.8 Å². The van der Waals surface area contributed by atoms with E-state index in [0.717, 1.165) is 0 Å². The van der Waals surface area contributed by atoms with Gasteiger partial charge in [-0.25, -0.2) is 38.1 Å². The molecule has 47 heavy (non-hydrogen) atoms. The van der Waals surface area contributed by atoms with E-state index < -0.39 is 55.8 Å². The maximum Gasteiger partial charge on any atom is 0.514 e. The van der Waals surface area contributed by atoms with Crippen molar-refractivity contribution < 1.29 is 57.3 Å². The summed E-state index contributed by atoms with van der Waals surface area (Å²) in [5, 5.41) is 0. The highest BCUT2D eigenvalue weighted by molar-refractivity contribution is 7.59. The van der Waals surface area contributed by atoms with Gasteiger partial charge in [-0.1, -0.05) is 44.1 Å². The Balaban J connectivity index is 8.99. The SMILES string of the molecule is C=C(C)C(=O)ON=P(N(C)C)(N(C)C)N(C(OC(=O)C(=C)C)OC(=O)C(=C)C)C(OC(=O)C(=C)C)(OC(=O)C(=C)C)OC(=O)C(=C)C. The van der Waals surface area contributed by atoms with Crippen molar-refractivity contribution in [3.63, 3.8) is 0 Å². The van der Waals surface area contributed by atoms with Crippen molar-refractivity contribution in [1.29, 1.82) is 0 Å². The van der Waals surface area contributed by atoms with Gasteiger partial charge in [-0.15, -0.1) is 0 Å². The minimum atomic E-state index is -4.35.